The predicted octanol–water partition coefficient (Wildman–Crippen LogP) is 3.29. The Hall–Kier alpha value is -3.26. The highest BCUT2D eigenvalue weighted by Gasteiger charge is 2.37. The number of rotatable bonds is 6. The number of nitrogens with one attached hydrogen (secondary N) is 2. The van der Waals surface area contributed by atoms with Gasteiger partial charge in [-0.05, 0) is 43.5 Å². The number of urea groups is 1. The van der Waals surface area contributed by atoms with Crippen LogP contribution in [0.3, 0.4) is 0 Å². The van der Waals surface area contributed by atoms with E-state index >= 15 is 0 Å². The number of likely N-dealkylation sites (tertiary alicyclic amines) is 1. The number of fused-ring (bicyclic) bond motifs is 1. The van der Waals surface area contributed by atoms with Gasteiger partial charge >= 0.3 is 6.03 Å². The largest absolute Gasteiger partial charge is 0.486 e. The number of ether oxygens (including phenoxy) is 3. The minimum Gasteiger partial charge on any atom is -0.486 e. The first-order chi connectivity index (χ1) is 15.6. The molecular formula is C24H29N3O5. The fraction of sp³-hybridized carbons (Fsp3) is 0.417. The van der Waals surface area contributed by atoms with E-state index in [1.54, 1.807) is 42.3 Å². The van der Waals surface area contributed by atoms with Crippen molar-refractivity contribution in [2.45, 2.75) is 24.8 Å². The Morgan fingerprint density at radius 2 is 1.75 bits per heavy atom. The van der Waals surface area contributed by atoms with Crippen molar-refractivity contribution < 1.29 is 23.8 Å². The van der Waals surface area contributed by atoms with Gasteiger partial charge in [0.05, 0.1) is 0 Å². The molecule has 2 aliphatic heterocycles. The van der Waals surface area contributed by atoms with E-state index in [1.807, 2.05) is 18.2 Å². The number of hydrogen-bond acceptors (Lipinski definition) is 5. The fourth-order valence-electron chi connectivity index (χ4n) is 4.10. The SMILES string of the molecule is COCCC1(NC(=O)c2ccccc2)CCN(C(=O)Nc2ccc3c(c2)OCCO3)CC1. The summed E-state index contributed by atoms with van der Waals surface area (Å²) in [6.07, 6.45) is 2.01. The van der Waals surface area contributed by atoms with Crippen molar-refractivity contribution in [3.8, 4) is 11.5 Å². The molecule has 3 amide bonds. The van der Waals surface area contributed by atoms with Crippen LogP contribution in [0.4, 0.5) is 10.5 Å². The van der Waals surface area contributed by atoms with Crippen LogP contribution in [-0.4, -0.2) is 62.4 Å². The third kappa shape index (κ3) is 5.13. The van der Waals surface area contributed by atoms with Gasteiger partial charge in [0, 0.05) is 49.7 Å². The molecule has 0 aliphatic carbocycles. The number of carbonyl (C=O) groups excluding carboxylic acids is 2. The summed E-state index contributed by atoms with van der Waals surface area (Å²) in [7, 11) is 1.66. The van der Waals surface area contributed by atoms with Crippen LogP contribution in [0.1, 0.15) is 29.6 Å². The maximum Gasteiger partial charge on any atom is 0.321 e. The molecule has 32 heavy (non-hydrogen) atoms. The number of carbonyl (C=O) groups is 2. The van der Waals surface area contributed by atoms with Gasteiger partial charge in [0.1, 0.15) is 13.2 Å². The number of anilines is 1. The number of amides is 3. The quantitative estimate of drug-likeness (QED) is 0.721. The molecule has 0 unspecified atom stereocenters. The van der Waals surface area contributed by atoms with Crippen molar-refractivity contribution >= 4 is 17.6 Å². The topological polar surface area (TPSA) is 89.1 Å². The van der Waals surface area contributed by atoms with Gasteiger partial charge in [-0.25, -0.2) is 4.79 Å². The zero-order valence-corrected chi connectivity index (χ0v) is 18.3. The van der Waals surface area contributed by atoms with Gasteiger partial charge in [0.25, 0.3) is 5.91 Å². The first kappa shape index (κ1) is 22.0. The van der Waals surface area contributed by atoms with Crippen LogP contribution in [0.15, 0.2) is 48.5 Å². The van der Waals surface area contributed by atoms with E-state index in [-0.39, 0.29) is 11.9 Å². The van der Waals surface area contributed by atoms with Crippen LogP contribution in [0.5, 0.6) is 11.5 Å². The van der Waals surface area contributed by atoms with Gasteiger partial charge in [-0.15, -0.1) is 0 Å². The summed E-state index contributed by atoms with van der Waals surface area (Å²) in [5, 5.41) is 6.16. The average molecular weight is 440 g/mol. The lowest BCUT2D eigenvalue weighted by Gasteiger charge is -2.42. The first-order valence-electron chi connectivity index (χ1n) is 10.9. The molecule has 0 aromatic heterocycles. The van der Waals surface area contributed by atoms with Crippen molar-refractivity contribution in [3.63, 3.8) is 0 Å². The van der Waals surface area contributed by atoms with Gasteiger partial charge in [-0.2, -0.15) is 0 Å². The third-order valence-electron chi connectivity index (χ3n) is 6.00. The molecule has 0 radical (unpaired) electrons. The second-order valence-corrected chi connectivity index (χ2v) is 8.12. The molecule has 8 nitrogen and oxygen atoms in total. The van der Waals surface area contributed by atoms with Gasteiger partial charge in [-0.1, -0.05) is 18.2 Å². The van der Waals surface area contributed by atoms with E-state index < -0.39 is 5.54 Å². The summed E-state index contributed by atoms with van der Waals surface area (Å²) in [5.74, 6) is 1.22. The van der Waals surface area contributed by atoms with Crippen molar-refractivity contribution in [1.82, 2.24) is 10.2 Å². The molecule has 2 heterocycles. The van der Waals surface area contributed by atoms with E-state index in [0.29, 0.717) is 74.9 Å². The van der Waals surface area contributed by atoms with Crippen molar-refractivity contribution in [3.05, 3.63) is 54.1 Å². The first-order valence-corrected chi connectivity index (χ1v) is 10.9. The zero-order valence-electron chi connectivity index (χ0n) is 18.3. The van der Waals surface area contributed by atoms with E-state index in [4.69, 9.17) is 14.2 Å². The molecule has 170 valence electrons. The van der Waals surface area contributed by atoms with Gasteiger partial charge in [-0.3, -0.25) is 4.79 Å². The molecule has 0 bridgehead atoms. The summed E-state index contributed by atoms with van der Waals surface area (Å²) in [6.45, 7) is 2.63. The highest BCUT2D eigenvalue weighted by Crippen LogP contribution is 2.33. The van der Waals surface area contributed by atoms with Crippen molar-refractivity contribution in [1.29, 1.82) is 0 Å². The Morgan fingerprint density at radius 1 is 1.03 bits per heavy atom. The highest BCUT2D eigenvalue weighted by molar-refractivity contribution is 5.94. The number of piperidine rings is 1. The van der Waals surface area contributed by atoms with E-state index in [0.717, 1.165) is 0 Å². The van der Waals surface area contributed by atoms with Gasteiger partial charge in [0.15, 0.2) is 11.5 Å². The molecule has 8 heteroatoms. The van der Waals surface area contributed by atoms with Crippen LogP contribution >= 0.6 is 0 Å². The molecule has 4 rings (SSSR count). The second kappa shape index (κ2) is 9.91. The zero-order chi connectivity index (χ0) is 22.4. The molecule has 2 aromatic rings. The number of hydrogen-bond donors (Lipinski definition) is 2. The minimum atomic E-state index is -0.406. The molecule has 0 spiro atoms. The summed E-state index contributed by atoms with van der Waals surface area (Å²) in [6, 6.07) is 14.4. The Labute approximate surface area is 187 Å². The summed E-state index contributed by atoms with van der Waals surface area (Å²) < 4.78 is 16.4. The van der Waals surface area contributed by atoms with E-state index in [1.165, 1.54) is 0 Å². The van der Waals surface area contributed by atoms with Crippen molar-refractivity contribution in [2.75, 3.05) is 45.3 Å². The molecule has 2 aliphatic rings. The molecule has 1 fully saturated rings. The lowest BCUT2D eigenvalue weighted by Crippen LogP contribution is -2.57. The van der Waals surface area contributed by atoms with E-state index in [9.17, 15) is 9.59 Å². The monoisotopic (exact) mass is 439 g/mol. The van der Waals surface area contributed by atoms with Gasteiger partial charge < -0.3 is 29.7 Å². The molecule has 0 atom stereocenters. The third-order valence-corrected chi connectivity index (χ3v) is 6.00. The maximum absolute atomic E-state index is 12.8. The normalized spacial score (nSPS) is 16.8. The van der Waals surface area contributed by atoms with Crippen LogP contribution in [0.2, 0.25) is 0 Å². The maximum atomic E-state index is 12.8. The lowest BCUT2D eigenvalue weighted by atomic mass is 9.84. The Bertz CT molecular complexity index is 942. The number of nitrogens with zero attached hydrogens (tertiary/aromatic N) is 1. The predicted molar refractivity (Wildman–Crippen MR) is 120 cm³/mol. The Balaban J connectivity index is 1.37. The molecule has 2 aromatic carbocycles. The fourth-order valence-corrected chi connectivity index (χ4v) is 4.10. The van der Waals surface area contributed by atoms with Crippen LogP contribution < -0.4 is 20.1 Å². The summed E-state index contributed by atoms with van der Waals surface area (Å²) >= 11 is 0. The van der Waals surface area contributed by atoms with E-state index in [2.05, 4.69) is 10.6 Å². The Morgan fingerprint density at radius 3 is 2.47 bits per heavy atom. The number of methoxy groups -OCH3 is 1. The minimum absolute atomic E-state index is 0.101. The molecule has 2 N–H and O–H groups in total. The van der Waals surface area contributed by atoms with Crippen LogP contribution in [-0.2, 0) is 4.74 Å². The summed E-state index contributed by atoms with van der Waals surface area (Å²) in [5.41, 5.74) is 0.882. The van der Waals surface area contributed by atoms with Gasteiger partial charge in [0.2, 0.25) is 0 Å². The second-order valence-electron chi connectivity index (χ2n) is 8.12. The average Bonchev–Trinajstić information content (AvgIpc) is 2.83. The standard InChI is InChI=1S/C24H29N3O5/c1-30-14-11-24(26-22(28)18-5-3-2-4-6-18)9-12-27(13-10-24)23(29)25-19-7-8-20-21(17-19)32-16-15-31-20/h2-8,17H,9-16H2,1H3,(H,25,29)(H,26,28). The number of benzene rings is 2. The highest BCUT2D eigenvalue weighted by atomic mass is 16.6. The van der Waals surface area contributed by atoms with Crippen LogP contribution in [0.25, 0.3) is 0 Å². The van der Waals surface area contributed by atoms with Crippen LogP contribution in [0, 0.1) is 0 Å². The molecule has 1 saturated heterocycles. The smallest absolute Gasteiger partial charge is 0.321 e. The summed E-state index contributed by atoms with van der Waals surface area (Å²) in [4.78, 5) is 27.4. The molecular weight excluding hydrogens is 410 g/mol. The molecule has 0 saturated carbocycles. The van der Waals surface area contributed by atoms with Crippen molar-refractivity contribution in [2.24, 2.45) is 0 Å². The Kier molecular flexibility index (Phi) is 6.80. The lowest BCUT2D eigenvalue weighted by molar-refractivity contribution is 0.0754.